The second-order valence-corrected chi connectivity index (χ2v) is 7.07. The molecule has 0 saturated carbocycles. The van der Waals surface area contributed by atoms with E-state index < -0.39 is 66.2 Å². The van der Waals surface area contributed by atoms with E-state index in [9.17, 15) is 47.4 Å². The number of carbonyl (C=O) groups is 5. The molecule has 1 aliphatic rings. The summed E-state index contributed by atoms with van der Waals surface area (Å²) in [5, 5.41) is 30.2. The van der Waals surface area contributed by atoms with Crippen molar-refractivity contribution in [2.45, 2.75) is 49.1 Å². The molecule has 1 heterocycles. The third-order valence-corrected chi connectivity index (χ3v) is 4.98. The fourth-order valence-corrected chi connectivity index (χ4v) is 3.58. The van der Waals surface area contributed by atoms with E-state index in [1.54, 1.807) is 0 Å². The molecule has 0 radical (unpaired) electrons. The number of carboxylic acid groups (broad SMARTS) is 3. The van der Waals surface area contributed by atoms with Crippen molar-refractivity contribution in [3.8, 4) is 0 Å². The number of hydrogen-bond acceptors (Lipinski definition) is 10. The van der Waals surface area contributed by atoms with Crippen molar-refractivity contribution < 1.29 is 62.2 Å². The third kappa shape index (κ3) is 6.17. The summed E-state index contributed by atoms with van der Waals surface area (Å²) in [6.07, 6.45) is -5.88. The number of carboxylic acids is 3. The van der Waals surface area contributed by atoms with Gasteiger partial charge in [-0.05, 0) is 19.3 Å². The van der Waals surface area contributed by atoms with Crippen LogP contribution in [-0.4, -0.2) is 86.6 Å². The largest absolute Gasteiger partial charge is 0.495 e. The monoisotopic (exact) mass is 485 g/mol. The first-order valence-corrected chi connectivity index (χ1v) is 9.21. The Labute approximate surface area is 183 Å². The first-order valence-electron chi connectivity index (χ1n) is 9.21. The summed E-state index contributed by atoms with van der Waals surface area (Å²) in [4.78, 5) is 66.5. The van der Waals surface area contributed by atoms with Crippen LogP contribution in [0.15, 0.2) is 12.7 Å². The standard InChI is InChI=1S/C17H22F3N3O10/c1-2-4-15(12(28)29)5-3-6-23(15)16(21,9(7-10(24)25)22-8-11(26)27)13(30)32-33-14(31)17(18,19)20/h2,9,22H,1,3-8,21H2,(H,24,25)(H,26,27)(H,28,29)/t9?,15?,16-/m1/s1. The average Bonchev–Trinajstić information content (AvgIpc) is 3.13. The predicted octanol–water partition coefficient (Wildman–Crippen LogP) is -0.782. The number of nitrogens with two attached hydrogens (primary N) is 1. The molecule has 0 aromatic rings. The quantitative estimate of drug-likeness (QED) is 0.138. The zero-order chi connectivity index (χ0) is 25.6. The predicted molar refractivity (Wildman–Crippen MR) is 98.0 cm³/mol. The summed E-state index contributed by atoms with van der Waals surface area (Å²) in [5.41, 5.74) is 1.24. The zero-order valence-electron chi connectivity index (χ0n) is 17.0. The van der Waals surface area contributed by atoms with Crippen molar-refractivity contribution in [1.29, 1.82) is 0 Å². The number of likely N-dealkylation sites (tertiary alicyclic amines) is 1. The molecule has 1 rings (SSSR count). The number of nitrogens with zero attached hydrogens (tertiary/aromatic N) is 1. The first kappa shape index (κ1) is 27.8. The van der Waals surface area contributed by atoms with Gasteiger partial charge >= 0.3 is 36.0 Å². The average molecular weight is 485 g/mol. The molecule has 16 heteroatoms. The number of rotatable bonds is 11. The number of aliphatic carboxylic acids is 3. The van der Waals surface area contributed by atoms with E-state index in [0.29, 0.717) is 0 Å². The molecule has 3 atom stereocenters. The lowest BCUT2D eigenvalue weighted by atomic mass is 9.86. The van der Waals surface area contributed by atoms with Gasteiger partial charge in [0.05, 0.1) is 19.0 Å². The lowest BCUT2D eigenvalue weighted by molar-refractivity contribution is -0.293. The van der Waals surface area contributed by atoms with Gasteiger partial charge in [0.25, 0.3) is 0 Å². The van der Waals surface area contributed by atoms with Crippen molar-refractivity contribution in [3.05, 3.63) is 12.7 Å². The van der Waals surface area contributed by atoms with Crippen molar-refractivity contribution in [2.24, 2.45) is 5.73 Å². The van der Waals surface area contributed by atoms with Gasteiger partial charge in [0.2, 0.25) is 0 Å². The maximum absolute atomic E-state index is 12.8. The Kier molecular flexibility index (Phi) is 8.91. The van der Waals surface area contributed by atoms with Crippen molar-refractivity contribution in [3.63, 3.8) is 0 Å². The smallest absolute Gasteiger partial charge is 0.481 e. The molecule has 1 aliphatic heterocycles. The summed E-state index contributed by atoms with van der Waals surface area (Å²) in [7, 11) is 0. The van der Waals surface area contributed by atoms with Crippen molar-refractivity contribution >= 4 is 29.8 Å². The van der Waals surface area contributed by atoms with E-state index in [1.165, 1.54) is 6.08 Å². The summed E-state index contributed by atoms with van der Waals surface area (Å²) in [5.74, 6) is -9.58. The molecule has 0 aromatic heterocycles. The lowest BCUT2D eigenvalue weighted by Crippen LogP contribution is -2.76. The van der Waals surface area contributed by atoms with Crippen LogP contribution in [0.1, 0.15) is 25.7 Å². The van der Waals surface area contributed by atoms with Gasteiger partial charge < -0.3 is 21.1 Å². The molecule has 0 aliphatic carbocycles. The Balaban J connectivity index is 3.56. The molecule has 0 aromatic carbocycles. The Morgan fingerprint density at radius 1 is 1.12 bits per heavy atom. The van der Waals surface area contributed by atoms with Gasteiger partial charge in [0.15, 0.2) is 5.66 Å². The highest BCUT2D eigenvalue weighted by Gasteiger charge is 2.61. The minimum absolute atomic E-state index is 0.0907. The van der Waals surface area contributed by atoms with E-state index in [4.69, 9.17) is 10.8 Å². The molecule has 0 bridgehead atoms. The number of halogens is 3. The van der Waals surface area contributed by atoms with Gasteiger partial charge in [-0.2, -0.15) is 13.2 Å². The topological polar surface area (TPSA) is 206 Å². The van der Waals surface area contributed by atoms with Crippen LogP contribution in [0.25, 0.3) is 0 Å². The molecule has 13 nitrogen and oxygen atoms in total. The van der Waals surface area contributed by atoms with E-state index in [0.717, 1.165) is 4.90 Å². The maximum atomic E-state index is 12.8. The molecule has 33 heavy (non-hydrogen) atoms. The van der Waals surface area contributed by atoms with Gasteiger partial charge in [-0.15, -0.1) is 6.58 Å². The highest BCUT2D eigenvalue weighted by atomic mass is 19.4. The summed E-state index contributed by atoms with van der Waals surface area (Å²) < 4.78 is 37.2. The lowest BCUT2D eigenvalue weighted by Gasteiger charge is -2.47. The van der Waals surface area contributed by atoms with Gasteiger partial charge in [-0.25, -0.2) is 19.4 Å². The minimum Gasteiger partial charge on any atom is -0.481 e. The van der Waals surface area contributed by atoms with Crippen LogP contribution in [0.2, 0.25) is 0 Å². The first-order chi connectivity index (χ1) is 15.1. The van der Waals surface area contributed by atoms with Crippen LogP contribution in [0.5, 0.6) is 0 Å². The fourth-order valence-electron chi connectivity index (χ4n) is 3.58. The van der Waals surface area contributed by atoms with E-state index in [1.807, 2.05) is 0 Å². The second-order valence-electron chi connectivity index (χ2n) is 7.07. The molecule has 6 N–H and O–H groups in total. The van der Waals surface area contributed by atoms with Crippen LogP contribution in [0, 0.1) is 0 Å². The Morgan fingerprint density at radius 2 is 1.70 bits per heavy atom. The van der Waals surface area contributed by atoms with Crippen LogP contribution in [-0.2, 0) is 33.7 Å². The highest BCUT2D eigenvalue weighted by molar-refractivity contribution is 5.87. The zero-order valence-corrected chi connectivity index (χ0v) is 17.0. The number of alkyl halides is 3. The van der Waals surface area contributed by atoms with Crippen LogP contribution in [0.4, 0.5) is 13.2 Å². The molecule has 186 valence electrons. The number of carbonyl (C=O) groups excluding carboxylic acids is 2. The van der Waals surface area contributed by atoms with Gasteiger partial charge in [-0.1, -0.05) is 6.08 Å². The summed E-state index contributed by atoms with van der Waals surface area (Å²) in [6, 6.07) is -1.91. The normalized spacial score (nSPS) is 21.5. The fraction of sp³-hybridized carbons (Fsp3) is 0.588. The van der Waals surface area contributed by atoms with Gasteiger partial charge in [0.1, 0.15) is 5.54 Å². The van der Waals surface area contributed by atoms with Crippen LogP contribution in [0.3, 0.4) is 0 Å². The molecule has 0 amide bonds. The minimum atomic E-state index is -5.57. The molecular weight excluding hydrogens is 463 g/mol. The Morgan fingerprint density at radius 3 is 2.15 bits per heavy atom. The molecule has 0 spiro atoms. The molecule has 1 saturated heterocycles. The Hall–Kier alpha value is -3.24. The SMILES string of the molecule is C=CCC1(C(=O)O)CCCN1[C@@](N)(C(=O)OOC(=O)C(F)(F)F)C(CC(=O)O)NCC(=O)O. The number of hydrogen-bond donors (Lipinski definition) is 5. The molecular formula is C17H22F3N3O10. The van der Waals surface area contributed by atoms with E-state index >= 15 is 0 Å². The maximum Gasteiger partial charge on any atom is 0.495 e. The molecule has 1 fully saturated rings. The second kappa shape index (κ2) is 10.6. The van der Waals surface area contributed by atoms with Crippen LogP contribution >= 0.6 is 0 Å². The highest BCUT2D eigenvalue weighted by Crippen LogP contribution is 2.39. The summed E-state index contributed by atoms with van der Waals surface area (Å²) in [6.45, 7) is 2.17. The number of nitrogens with one attached hydrogen (secondary N) is 1. The van der Waals surface area contributed by atoms with Crippen molar-refractivity contribution in [2.75, 3.05) is 13.1 Å². The summed E-state index contributed by atoms with van der Waals surface area (Å²) >= 11 is 0. The van der Waals surface area contributed by atoms with Gasteiger partial charge in [0, 0.05) is 6.54 Å². The van der Waals surface area contributed by atoms with Gasteiger partial charge in [-0.3, -0.25) is 24.6 Å². The third-order valence-electron chi connectivity index (χ3n) is 4.98. The Bertz CT molecular complexity index is 821. The van der Waals surface area contributed by atoms with E-state index in [2.05, 4.69) is 21.7 Å². The van der Waals surface area contributed by atoms with Crippen LogP contribution < -0.4 is 11.1 Å². The molecule has 2 unspecified atom stereocenters. The van der Waals surface area contributed by atoms with E-state index in [-0.39, 0.29) is 25.8 Å². The van der Waals surface area contributed by atoms with Crippen molar-refractivity contribution in [1.82, 2.24) is 10.2 Å².